The maximum absolute atomic E-state index is 11.5. The first kappa shape index (κ1) is 16.6. The quantitative estimate of drug-likeness (QED) is 0.568. The minimum atomic E-state index is -1.38. The molecular weight excluding hydrogens is 336 g/mol. The number of rotatable bonds is 3. The van der Waals surface area contributed by atoms with Crippen molar-refractivity contribution in [3.8, 4) is 12.1 Å². The van der Waals surface area contributed by atoms with Crippen molar-refractivity contribution in [3.05, 3.63) is 69.6 Å². The number of carbonyl (C=O) groups is 1. The summed E-state index contributed by atoms with van der Waals surface area (Å²) in [6.07, 6.45) is 0. The van der Waals surface area contributed by atoms with Crippen LogP contribution in [0, 0.1) is 22.7 Å². The van der Waals surface area contributed by atoms with Crippen molar-refractivity contribution in [1.29, 1.82) is 10.5 Å². The van der Waals surface area contributed by atoms with Gasteiger partial charge < -0.3 is 9.52 Å². The maximum atomic E-state index is 11.5. The van der Waals surface area contributed by atoms with Gasteiger partial charge in [0.1, 0.15) is 23.3 Å². The third-order valence-electron chi connectivity index (χ3n) is 3.47. The molecule has 124 valence electrons. The van der Waals surface area contributed by atoms with E-state index in [1.807, 2.05) is 12.1 Å². The van der Waals surface area contributed by atoms with Gasteiger partial charge in [-0.1, -0.05) is 0 Å². The highest BCUT2D eigenvalue weighted by Gasteiger charge is 2.12. The molecule has 0 spiro atoms. The summed E-state index contributed by atoms with van der Waals surface area (Å²) < 4.78 is 4.95. The molecular formula is C18H8N4O4. The second-order valence-electron chi connectivity index (χ2n) is 5.13. The third kappa shape index (κ3) is 3.16. The van der Waals surface area contributed by atoms with Crippen LogP contribution in [0.3, 0.4) is 0 Å². The fourth-order valence-corrected chi connectivity index (χ4v) is 2.22. The summed E-state index contributed by atoms with van der Waals surface area (Å²) in [5, 5.41) is 35.3. The van der Waals surface area contributed by atoms with Gasteiger partial charge in [-0.15, -0.1) is 0 Å². The van der Waals surface area contributed by atoms with E-state index in [1.54, 1.807) is 12.1 Å². The lowest BCUT2D eigenvalue weighted by atomic mass is 10.1. The van der Waals surface area contributed by atoms with Gasteiger partial charge in [-0.25, -0.2) is 9.59 Å². The molecule has 3 aromatic rings. The van der Waals surface area contributed by atoms with Crippen LogP contribution in [0.4, 0.5) is 11.4 Å². The van der Waals surface area contributed by atoms with E-state index in [9.17, 15) is 9.59 Å². The summed E-state index contributed by atoms with van der Waals surface area (Å²) in [5.74, 6) is -1.38. The molecule has 8 heteroatoms. The predicted octanol–water partition coefficient (Wildman–Crippen LogP) is 3.65. The summed E-state index contributed by atoms with van der Waals surface area (Å²) >= 11 is 0. The molecule has 3 rings (SSSR count). The standard InChI is InChI=1S/C18H8N4O4/c19-8-10-1-2-13(6-12(10)9-20)21-22-14-3-4-16-11(5-14)7-15(17(23)24)18(25)26-16/h1-7H,(H,23,24). The molecule has 0 unspecified atom stereocenters. The summed E-state index contributed by atoms with van der Waals surface area (Å²) in [4.78, 5) is 22.6. The fourth-order valence-electron chi connectivity index (χ4n) is 2.22. The van der Waals surface area contributed by atoms with Crippen LogP contribution in [0.1, 0.15) is 21.5 Å². The van der Waals surface area contributed by atoms with Crippen LogP contribution in [-0.2, 0) is 0 Å². The molecule has 0 atom stereocenters. The van der Waals surface area contributed by atoms with Crippen LogP contribution in [0.15, 0.2) is 61.9 Å². The van der Waals surface area contributed by atoms with Gasteiger partial charge in [0.15, 0.2) is 0 Å². The second-order valence-corrected chi connectivity index (χ2v) is 5.13. The van der Waals surface area contributed by atoms with Crippen molar-refractivity contribution in [2.24, 2.45) is 10.2 Å². The molecule has 0 saturated heterocycles. The molecule has 1 heterocycles. The number of carboxylic acids is 1. The summed E-state index contributed by atoms with van der Waals surface area (Å²) in [6.45, 7) is 0. The molecule has 0 saturated carbocycles. The third-order valence-corrected chi connectivity index (χ3v) is 3.47. The first-order valence-electron chi connectivity index (χ1n) is 7.19. The van der Waals surface area contributed by atoms with E-state index in [-0.39, 0.29) is 16.7 Å². The molecule has 0 radical (unpaired) electrons. The van der Waals surface area contributed by atoms with Crippen LogP contribution in [0.5, 0.6) is 0 Å². The molecule has 8 nitrogen and oxygen atoms in total. The Labute approximate surface area is 145 Å². The Hall–Kier alpha value is -4.30. The van der Waals surface area contributed by atoms with Crippen LogP contribution in [0.25, 0.3) is 11.0 Å². The van der Waals surface area contributed by atoms with Gasteiger partial charge in [0.25, 0.3) is 0 Å². The highest BCUT2D eigenvalue weighted by molar-refractivity contribution is 5.92. The molecule has 1 aromatic heterocycles. The van der Waals surface area contributed by atoms with Crippen molar-refractivity contribution in [2.45, 2.75) is 0 Å². The molecule has 0 fully saturated rings. The van der Waals surface area contributed by atoms with Crippen molar-refractivity contribution in [1.82, 2.24) is 0 Å². The minimum absolute atomic E-state index is 0.190. The van der Waals surface area contributed by atoms with Crippen molar-refractivity contribution in [3.63, 3.8) is 0 Å². The van der Waals surface area contributed by atoms with Gasteiger partial charge >= 0.3 is 11.6 Å². The molecule has 0 bridgehead atoms. The Balaban J connectivity index is 1.99. The van der Waals surface area contributed by atoms with Gasteiger partial charge in [0, 0.05) is 5.39 Å². The van der Waals surface area contributed by atoms with Gasteiger partial charge in [0.2, 0.25) is 0 Å². The fraction of sp³-hybridized carbons (Fsp3) is 0. The minimum Gasteiger partial charge on any atom is -0.477 e. The summed E-state index contributed by atoms with van der Waals surface area (Å²) in [6, 6.07) is 14.0. The first-order valence-corrected chi connectivity index (χ1v) is 7.19. The van der Waals surface area contributed by atoms with Crippen LogP contribution in [0.2, 0.25) is 0 Å². The largest absolute Gasteiger partial charge is 0.477 e. The molecule has 0 amide bonds. The number of nitriles is 2. The van der Waals surface area contributed by atoms with Crippen LogP contribution >= 0.6 is 0 Å². The zero-order valence-corrected chi connectivity index (χ0v) is 13.0. The van der Waals surface area contributed by atoms with Crippen molar-refractivity contribution in [2.75, 3.05) is 0 Å². The van der Waals surface area contributed by atoms with E-state index in [0.29, 0.717) is 16.8 Å². The number of carboxylic acid groups (broad SMARTS) is 1. The van der Waals surface area contributed by atoms with E-state index >= 15 is 0 Å². The van der Waals surface area contributed by atoms with Gasteiger partial charge in [-0.3, -0.25) is 0 Å². The number of nitrogens with zero attached hydrogens (tertiary/aromatic N) is 4. The molecule has 0 aliphatic carbocycles. The number of hydrogen-bond donors (Lipinski definition) is 1. The number of hydrogen-bond acceptors (Lipinski definition) is 7. The first-order chi connectivity index (χ1) is 12.5. The highest BCUT2D eigenvalue weighted by atomic mass is 16.4. The molecule has 2 aromatic carbocycles. The number of aromatic carboxylic acids is 1. The average Bonchev–Trinajstić information content (AvgIpc) is 2.65. The number of azo groups is 1. The number of benzene rings is 2. The van der Waals surface area contributed by atoms with Gasteiger partial charge in [-0.2, -0.15) is 20.8 Å². The SMILES string of the molecule is N#Cc1ccc(N=Nc2ccc3oc(=O)c(C(=O)O)cc3c2)cc1C#N. The Kier molecular flexibility index (Phi) is 4.25. The van der Waals surface area contributed by atoms with Gasteiger partial charge in [-0.05, 0) is 42.5 Å². The smallest absolute Gasteiger partial charge is 0.351 e. The predicted molar refractivity (Wildman–Crippen MR) is 89.5 cm³/mol. The van der Waals surface area contributed by atoms with E-state index in [1.165, 1.54) is 30.3 Å². The Morgan fingerprint density at radius 1 is 0.962 bits per heavy atom. The van der Waals surface area contributed by atoms with E-state index in [0.717, 1.165) is 0 Å². The van der Waals surface area contributed by atoms with Gasteiger partial charge in [0.05, 0.1) is 22.5 Å². The molecule has 26 heavy (non-hydrogen) atoms. The van der Waals surface area contributed by atoms with E-state index in [2.05, 4.69) is 10.2 Å². The highest BCUT2D eigenvalue weighted by Crippen LogP contribution is 2.24. The molecule has 0 aliphatic rings. The van der Waals surface area contributed by atoms with Crippen molar-refractivity contribution >= 4 is 28.3 Å². The molecule has 0 aliphatic heterocycles. The molecule has 1 N–H and O–H groups in total. The Morgan fingerprint density at radius 3 is 2.27 bits per heavy atom. The van der Waals surface area contributed by atoms with Crippen LogP contribution < -0.4 is 5.63 Å². The normalized spacial score (nSPS) is 10.5. The van der Waals surface area contributed by atoms with E-state index in [4.69, 9.17) is 20.0 Å². The Bertz CT molecular complexity index is 1210. The topological polar surface area (TPSA) is 140 Å². The summed E-state index contributed by atoms with van der Waals surface area (Å²) in [5.41, 5.74) is 0.0307. The Morgan fingerprint density at radius 2 is 1.62 bits per heavy atom. The lowest BCUT2D eigenvalue weighted by Gasteiger charge is -2.00. The van der Waals surface area contributed by atoms with Crippen molar-refractivity contribution < 1.29 is 14.3 Å². The zero-order chi connectivity index (χ0) is 18.7. The van der Waals surface area contributed by atoms with E-state index < -0.39 is 17.2 Å². The maximum Gasteiger partial charge on any atom is 0.351 e. The zero-order valence-electron chi connectivity index (χ0n) is 13.0. The monoisotopic (exact) mass is 344 g/mol. The van der Waals surface area contributed by atoms with Crippen LogP contribution in [-0.4, -0.2) is 11.1 Å². The lowest BCUT2D eigenvalue weighted by molar-refractivity contribution is 0.0692. The number of fused-ring (bicyclic) bond motifs is 1. The lowest BCUT2D eigenvalue weighted by Crippen LogP contribution is -2.12. The second kappa shape index (κ2) is 6.67. The summed E-state index contributed by atoms with van der Waals surface area (Å²) in [7, 11) is 0. The average molecular weight is 344 g/mol.